The van der Waals surface area contributed by atoms with E-state index >= 15 is 0 Å². The van der Waals surface area contributed by atoms with Gasteiger partial charge in [-0.15, -0.1) is 11.3 Å². The molecule has 0 unspecified atom stereocenters. The lowest BCUT2D eigenvalue weighted by Crippen LogP contribution is -2.11. The summed E-state index contributed by atoms with van der Waals surface area (Å²) in [6, 6.07) is 13.0. The van der Waals surface area contributed by atoms with E-state index in [1.54, 1.807) is 43.5 Å². The Kier molecular flexibility index (Phi) is 4.57. The topological polar surface area (TPSA) is 51.2 Å². The molecule has 0 radical (unpaired) electrons. The number of carbonyl (C=O) groups is 1. The number of benzene rings is 2. The number of thiazole rings is 1. The van der Waals surface area contributed by atoms with Crippen LogP contribution < -0.4 is 10.1 Å². The summed E-state index contributed by atoms with van der Waals surface area (Å²) in [7, 11) is 1.55. The number of amides is 1. The van der Waals surface area contributed by atoms with Crippen molar-refractivity contribution in [2.24, 2.45) is 0 Å². The molecule has 1 heterocycles. The summed E-state index contributed by atoms with van der Waals surface area (Å²) in [6.45, 7) is 1.91. The molecule has 4 nitrogen and oxygen atoms in total. The van der Waals surface area contributed by atoms with E-state index in [4.69, 9.17) is 4.74 Å². The van der Waals surface area contributed by atoms with Crippen molar-refractivity contribution in [2.45, 2.75) is 6.92 Å². The van der Waals surface area contributed by atoms with Crippen LogP contribution in [-0.4, -0.2) is 18.0 Å². The number of carbonyl (C=O) groups excluding carboxylic acids is 1. The zero-order valence-corrected chi connectivity index (χ0v) is 14.0. The van der Waals surface area contributed by atoms with Crippen LogP contribution in [0.2, 0.25) is 0 Å². The monoisotopic (exact) mass is 342 g/mol. The third-order valence-corrected chi connectivity index (χ3v) is 4.35. The van der Waals surface area contributed by atoms with Crippen molar-refractivity contribution in [3.63, 3.8) is 0 Å². The number of aryl methyl sites for hydroxylation is 1. The third kappa shape index (κ3) is 3.44. The number of methoxy groups -OCH3 is 1. The van der Waals surface area contributed by atoms with E-state index in [1.165, 1.54) is 23.5 Å². The summed E-state index contributed by atoms with van der Waals surface area (Å²) < 4.78 is 18.2. The van der Waals surface area contributed by atoms with E-state index in [2.05, 4.69) is 10.3 Å². The van der Waals surface area contributed by atoms with Gasteiger partial charge in [-0.3, -0.25) is 10.1 Å². The normalized spacial score (nSPS) is 10.5. The van der Waals surface area contributed by atoms with Crippen molar-refractivity contribution in [3.05, 3.63) is 64.8 Å². The van der Waals surface area contributed by atoms with Crippen LogP contribution in [0.25, 0.3) is 11.3 Å². The molecule has 0 saturated heterocycles. The van der Waals surface area contributed by atoms with Crippen molar-refractivity contribution in [1.29, 1.82) is 0 Å². The van der Waals surface area contributed by atoms with E-state index in [-0.39, 0.29) is 11.7 Å². The smallest absolute Gasteiger partial charge is 0.257 e. The molecule has 1 aromatic heterocycles. The number of halogens is 1. The quantitative estimate of drug-likeness (QED) is 0.758. The van der Waals surface area contributed by atoms with Gasteiger partial charge in [-0.25, -0.2) is 9.37 Å². The molecule has 122 valence electrons. The molecule has 0 bridgehead atoms. The fraction of sp³-hybridized carbons (Fsp3) is 0.111. The highest BCUT2D eigenvalue weighted by Gasteiger charge is 2.13. The van der Waals surface area contributed by atoms with Gasteiger partial charge in [-0.05, 0) is 49.4 Å². The second-order valence-corrected chi connectivity index (χ2v) is 6.32. The van der Waals surface area contributed by atoms with Gasteiger partial charge >= 0.3 is 0 Å². The molecule has 0 fully saturated rings. The van der Waals surface area contributed by atoms with E-state index in [1.807, 2.05) is 6.92 Å². The Balaban J connectivity index is 1.82. The first-order chi connectivity index (χ1) is 11.6. The molecule has 1 amide bonds. The van der Waals surface area contributed by atoms with Gasteiger partial charge in [0.25, 0.3) is 5.91 Å². The predicted molar refractivity (Wildman–Crippen MR) is 93.2 cm³/mol. The first-order valence-electron chi connectivity index (χ1n) is 7.25. The van der Waals surface area contributed by atoms with Gasteiger partial charge in [0.15, 0.2) is 5.13 Å². The lowest BCUT2D eigenvalue weighted by Gasteiger charge is -2.04. The standard InChI is InChI=1S/C18H15FN2O2S/c1-11-16(12-6-8-14(19)9-7-12)20-18(24-11)21-17(22)13-4-3-5-15(10-13)23-2/h3-10H,1-2H3,(H,20,21,22). The highest BCUT2D eigenvalue weighted by Crippen LogP contribution is 2.30. The first-order valence-corrected chi connectivity index (χ1v) is 8.07. The number of anilines is 1. The second-order valence-electron chi connectivity index (χ2n) is 5.12. The highest BCUT2D eigenvalue weighted by atomic mass is 32.1. The average Bonchev–Trinajstić information content (AvgIpc) is 2.96. The van der Waals surface area contributed by atoms with E-state index in [9.17, 15) is 9.18 Å². The predicted octanol–water partition coefficient (Wildman–Crippen LogP) is 4.52. The van der Waals surface area contributed by atoms with Gasteiger partial charge < -0.3 is 4.74 Å². The summed E-state index contributed by atoms with van der Waals surface area (Å²) in [5.74, 6) is 0.0662. The highest BCUT2D eigenvalue weighted by molar-refractivity contribution is 7.16. The van der Waals surface area contributed by atoms with Crippen LogP contribution in [0.3, 0.4) is 0 Å². The maximum atomic E-state index is 13.0. The van der Waals surface area contributed by atoms with Crippen molar-refractivity contribution >= 4 is 22.4 Å². The second kappa shape index (κ2) is 6.80. The van der Waals surface area contributed by atoms with E-state index < -0.39 is 0 Å². The number of nitrogens with zero attached hydrogens (tertiary/aromatic N) is 1. The molecule has 0 spiro atoms. The first kappa shape index (κ1) is 16.1. The van der Waals surface area contributed by atoms with E-state index in [0.29, 0.717) is 16.4 Å². The molecular weight excluding hydrogens is 327 g/mol. The van der Waals surface area contributed by atoms with Gasteiger partial charge in [0.1, 0.15) is 11.6 Å². The molecule has 2 aromatic carbocycles. The molecule has 0 aliphatic rings. The van der Waals surface area contributed by atoms with Gasteiger partial charge in [-0.1, -0.05) is 6.07 Å². The minimum Gasteiger partial charge on any atom is -0.497 e. The number of hydrogen-bond acceptors (Lipinski definition) is 4. The zero-order valence-electron chi connectivity index (χ0n) is 13.2. The van der Waals surface area contributed by atoms with Gasteiger partial charge in [0.05, 0.1) is 12.8 Å². The lowest BCUT2D eigenvalue weighted by molar-refractivity contribution is 0.102. The molecule has 1 N–H and O–H groups in total. The Morgan fingerprint density at radius 2 is 1.96 bits per heavy atom. The van der Waals surface area contributed by atoms with Crippen molar-refractivity contribution < 1.29 is 13.9 Å². The minimum atomic E-state index is -0.293. The van der Waals surface area contributed by atoms with Crippen LogP contribution in [0.15, 0.2) is 48.5 Å². The Morgan fingerprint density at radius 1 is 1.21 bits per heavy atom. The number of aromatic nitrogens is 1. The Morgan fingerprint density at radius 3 is 2.67 bits per heavy atom. The maximum Gasteiger partial charge on any atom is 0.257 e. The van der Waals surface area contributed by atoms with Crippen LogP contribution in [0.5, 0.6) is 5.75 Å². The van der Waals surface area contributed by atoms with Crippen LogP contribution in [0, 0.1) is 12.7 Å². The molecule has 0 aliphatic carbocycles. The number of nitrogens with one attached hydrogen (secondary N) is 1. The SMILES string of the molecule is COc1cccc(C(=O)Nc2nc(-c3ccc(F)cc3)c(C)s2)c1. The van der Waals surface area contributed by atoms with E-state index in [0.717, 1.165) is 16.1 Å². The van der Waals surface area contributed by atoms with Gasteiger partial charge in [0, 0.05) is 16.0 Å². The summed E-state index contributed by atoms with van der Waals surface area (Å²) >= 11 is 1.38. The molecule has 3 aromatic rings. The molecule has 3 rings (SSSR count). The summed E-state index contributed by atoms with van der Waals surface area (Å²) in [6.07, 6.45) is 0. The molecule has 6 heteroatoms. The number of rotatable bonds is 4. The summed E-state index contributed by atoms with van der Waals surface area (Å²) in [4.78, 5) is 17.7. The minimum absolute atomic E-state index is 0.256. The van der Waals surface area contributed by atoms with Crippen molar-refractivity contribution in [1.82, 2.24) is 4.98 Å². The molecule has 24 heavy (non-hydrogen) atoms. The number of ether oxygens (including phenoxy) is 1. The number of hydrogen-bond donors (Lipinski definition) is 1. The lowest BCUT2D eigenvalue weighted by atomic mass is 10.1. The Labute approximate surface area is 142 Å². The van der Waals surface area contributed by atoms with Crippen LogP contribution in [0.4, 0.5) is 9.52 Å². The molecule has 0 atom stereocenters. The molecule has 0 aliphatic heterocycles. The zero-order chi connectivity index (χ0) is 17.1. The fourth-order valence-electron chi connectivity index (χ4n) is 2.26. The fourth-order valence-corrected chi connectivity index (χ4v) is 3.09. The third-order valence-electron chi connectivity index (χ3n) is 3.47. The van der Waals surface area contributed by atoms with Crippen LogP contribution in [-0.2, 0) is 0 Å². The maximum absolute atomic E-state index is 13.0. The molecule has 0 saturated carbocycles. The van der Waals surface area contributed by atoms with Crippen molar-refractivity contribution in [3.8, 4) is 17.0 Å². The Hall–Kier alpha value is -2.73. The van der Waals surface area contributed by atoms with Crippen LogP contribution >= 0.6 is 11.3 Å². The summed E-state index contributed by atoms with van der Waals surface area (Å²) in [5, 5.41) is 3.29. The van der Waals surface area contributed by atoms with Crippen LogP contribution in [0.1, 0.15) is 15.2 Å². The van der Waals surface area contributed by atoms with Gasteiger partial charge in [0.2, 0.25) is 0 Å². The Bertz CT molecular complexity index is 875. The van der Waals surface area contributed by atoms with Gasteiger partial charge in [-0.2, -0.15) is 0 Å². The van der Waals surface area contributed by atoms with Crippen molar-refractivity contribution in [2.75, 3.05) is 12.4 Å². The average molecular weight is 342 g/mol. The largest absolute Gasteiger partial charge is 0.497 e. The molecular formula is C18H15FN2O2S. The summed E-state index contributed by atoms with van der Waals surface area (Å²) in [5.41, 5.74) is 2.04.